The predicted molar refractivity (Wildman–Crippen MR) is 75.2 cm³/mol. The number of Topliss-reactive ketones (excluding diaryl/α,β-unsaturated/α-hetero) is 1. The van der Waals surface area contributed by atoms with E-state index in [4.69, 9.17) is 5.26 Å². The highest BCUT2D eigenvalue weighted by atomic mass is 32.2. The zero-order valence-electron chi connectivity index (χ0n) is 9.58. The number of hydrogen-bond donors (Lipinski definition) is 1. The summed E-state index contributed by atoms with van der Waals surface area (Å²) in [7, 11) is 0. The standard InChI is InChI=1S/C13H7N3OS2/c14-5-8-6-15-13(18-8)16-7-11-12(17)9-3-1-2-4-10(9)19-11/h1-4,6-7H,(H,15,16)/b11-7-. The Morgan fingerprint density at radius 3 is 2.95 bits per heavy atom. The minimum absolute atomic E-state index is 0.0187. The van der Waals surface area contributed by atoms with Gasteiger partial charge in [-0.1, -0.05) is 35.2 Å². The van der Waals surface area contributed by atoms with Crippen molar-refractivity contribution < 1.29 is 4.79 Å². The maximum atomic E-state index is 12.1. The molecule has 3 rings (SSSR count). The molecule has 2 heterocycles. The highest BCUT2D eigenvalue weighted by molar-refractivity contribution is 8.04. The number of ketones is 1. The van der Waals surface area contributed by atoms with Crippen molar-refractivity contribution in [2.24, 2.45) is 0 Å². The molecule has 1 aromatic heterocycles. The van der Waals surface area contributed by atoms with E-state index in [0.717, 1.165) is 10.5 Å². The number of carbonyl (C=O) groups is 1. The van der Waals surface area contributed by atoms with Crippen molar-refractivity contribution in [2.45, 2.75) is 4.90 Å². The molecule has 19 heavy (non-hydrogen) atoms. The predicted octanol–water partition coefficient (Wildman–Crippen LogP) is 3.26. The minimum atomic E-state index is 0.0187. The lowest BCUT2D eigenvalue weighted by molar-refractivity contribution is 0.104. The van der Waals surface area contributed by atoms with E-state index in [1.54, 1.807) is 6.20 Å². The number of thiazole rings is 1. The molecule has 4 nitrogen and oxygen atoms in total. The quantitative estimate of drug-likeness (QED) is 0.858. The first-order valence-electron chi connectivity index (χ1n) is 5.42. The summed E-state index contributed by atoms with van der Waals surface area (Å²) in [6.45, 7) is 0. The largest absolute Gasteiger partial charge is 0.337 e. The van der Waals surface area contributed by atoms with Gasteiger partial charge in [0.25, 0.3) is 0 Å². The Labute approximate surface area is 117 Å². The molecule has 0 atom stereocenters. The lowest BCUT2D eigenvalue weighted by Gasteiger charge is -1.95. The van der Waals surface area contributed by atoms with Crippen LogP contribution in [0.15, 0.2) is 46.5 Å². The molecular weight excluding hydrogens is 278 g/mol. The fourth-order valence-corrected chi connectivity index (χ4v) is 3.21. The number of nitrogens with one attached hydrogen (secondary N) is 1. The van der Waals surface area contributed by atoms with Crippen LogP contribution in [-0.4, -0.2) is 10.8 Å². The van der Waals surface area contributed by atoms with Crippen LogP contribution in [0.5, 0.6) is 0 Å². The summed E-state index contributed by atoms with van der Waals surface area (Å²) < 4.78 is 0. The Morgan fingerprint density at radius 2 is 2.21 bits per heavy atom. The van der Waals surface area contributed by atoms with Gasteiger partial charge in [0.15, 0.2) is 5.13 Å². The average molecular weight is 285 g/mol. The summed E-state index contributed by atoms with van der Waals surface area (Å²) in [5, 5.41) is 12.3. The fourth-order valence-electron chi connectivity index (χ4n) is 1.66. The van der Waals surface area contributed by atoms with E-state index in [2.05, 4.69) is 10.3 Å². The molecule has 0 radical (unpaired) electrons. The molecule has 0 bridgehead atoms. The molecule has 1 aliphatic heterocycles. The molecule has 6 heteroatoms. The summed E-state index contributed by atoms with van der Waals surface area (Å²) >= 11 is 2.69. The van der Waals surface area contributed by atoms with Gasteiger partial charge in [-0.05, 0) is 12.1 Å². The van der Waals surface area contributed by atoms with Crippen LogP contribution in [0, 0.1) is 11.3 Å². The molecule has 0 saturated carbocycles. The van der Waals surface area contributed by atoms with E-state index in [9.17, 15) is 4.79 Å². The minimum Gasteiger partial charge on any atom is -0.337 e. The van der Waals surface area contributed by atoms with Crippen molar-refractivity contribution in [2.75, 3.05) is 5.32 Å². The van der Waals surface area contributed by atoms with E-state index >= 15 is 0 Å². The van der Waals surface area contributed by atoms with E-state index < -0.39 is 0 Å². The number of thioether (sulfide) groups is 1. The number of hydrogen-bond acceptors (Lipinski definition) is 6. The summed E-state index contributed by atoms with van der Waals surface area (Å²) in [6, 6.07) is 9.54. The van der Waals surface area contributed by atoms with Gasteiger partial charge in [0.2, 0.25) is 5.78 Å². The molecule has 2 aromatic rings. The van der Waals surface area contributed by atoms with Crippen LogP contribution in [0.25, 0.3) is 0 Å². The van der Waals surface area contributed by atoms with Gasteiger partial charge in [0.1, 0.15) is 10.9 Å². The van der Waals surface area contributed by atoms with Crippen molar-refractivity contribution in [1.29, 1.82) is 5.26 Å². The summed E-state index contributed by atoms with van der Waals surface area (Å²) in [5.74, 6) is 0.0187. The monoisotopic (exact) mass is 285 g/mol. The smallest absolute Gasteiger partial charge is 0.202 e. The third-order valence-electron chi connectivity index (χ3n) is 2.52. The summed E-state index contributed by atoms with van der Waals surface area (Å²) in [6.07, 6.45) is 3.15. The lowest BCUT2D eigenvalue weighted by Crippen LogP contribution is -1.96. The van der Waals surface area contributed by atoms with Gasteiger partial charge in [-0.3, -0.25) is 4.79 Å². The first-order chi connectivity index (χ1) is 9.28. The number of carbonyl (C=O) groups excluding carboxylic acids is 1. The first kappa shape index (κ1) is 12.0. The second kappa shape index (κ2) is 4.88. The van der Waals surface area contributed by atoms with Crippen molar-refractivity contribution >= 4 is 34.0 Å². The summed E-state index contributed by atoms with van der Waals surface area (Å²) in [4.78, 5) is 18.3. The average Bonchev–Trinajstić information content (AvgIpc) is 3.02. The van der Waals surface area contributed by atoms with Crippen molar-refractivity contribution in [3.05, 3.63) is 52.0 Å². The Kier molecular flexibility index (Phi) is 3.07. The Balaban J connectivity index is 1.80. The number of rotatable bonds is 2. The van der Waals surface area contributed by atoms with Crippen LogP contribution in [0.4, 0.5) is 5.13 Å². The fraction of sp³-hybridized carbons (Fsp3) is 0. The van der Waals surface area contributed by atoms with E-state index in [-0.39, 0.29) is 5.78 Å². The molecule has 0 unspecified atom stereocenters. The highest BCUT2D eigenvalue weighted by Crippen LogP contribution is 2.39. The second-order valence-electron chi connectivity index (χ2n) is 3.72. The van der Waals surface area contributed by atoms with E-state index in [0.29, 0.717) is 14.9 Å². The molecule has 1 aliphatic rings. The highest BCUT2D eigenvalue weighted by Gasteiger charge is 2.25. The Hall–Kier alpha value is -2.10. The number of benzene rings is 1. The maximum Gasteiger partial charge on any atom is 0.202 e. The number of fused-ring (bicyclic) bond motifs is 1. The third kappa shape index (κ3) is 2.26. The molecule has 0 saturated heterocycles. The molecular formula is C13H7N3OS2. The topological polar surface area (TPSA) is 65.8 Å². The molecule has 1 N–H and O–H groups in total. The van der Waals surface area contributed by atoms with E-state index in [1.165, 1.54) is 29.3 Å². The van der Waals surface area contributed by atoms with Crippen LogP contribution in [0.2, 0.25) is 0 Å². The maximum absolute atomic E-state index is 12.1. The van der Waals surface area contributed by atoms with Crippen molar-refractivity contribution in [3.8, 4) is 6.07 Å². The van der Waals surface area contributed by atoms with Gasteiger partial charge < -0.3 is 5.32 Å². The molecule has 0 aliphatic carbocycles. The molecule has 1 aromatic carbocycles. The zero-order chi connectivity index (χ0) is 13.2. The van der Waals surface area contributed by atoms with Gasteiger partial charge in [0.05, 0.1) is 11.1 Å². The van der Waals surface area contributed by atoms with Crippen LogP contribution < -0.4 is 5.32 Å². The number of anilines is 1. The van der Waals surface area contributed by atoms with Gasteiger partial charge in [-0.15, -0.1) is 0 Å². The van der Waals surface area contributed by atoms with Crippen molar-refractivity contribution in [3.63, 3.8) is 0 Å². The van der Waals surface area contributed by atoms with Crippen LogP contribution in [0.3, 0.4) is 0 Å². The van der Waals surface area contributed by atoms with Gasteiger partial charge in [-0.25, -0.2) is 4.98 Å². The number of allylic oxidation sites excluding steroid dienone is 1. The Morgan fingerprint density at radius 1 is 1.37 bits per heavy atom. The SMILES string of the molecule is N#Cc1cnc(N/C=C2\Sc3ccccc3C2=O)s1. The van der Waals surface area contributed by atoms with Gasteiger partial charge in [0, 0.05) is 16.7 Å². The molecule has 0 amide bonds. The van der Waals surface area contributed by atoms with Crippen LogP contribution in [-0.2, 0) is 0 Å². The number of nitrogens with zero attached hydrogens (tertiary/aromatic N) is 2. The van der Waals surface area contributed by atoms with E-state index in [1.807, 2.05) is 30.3 Å². The van der Waals surface area contributed by atoms with Crippen molar-refractivity contribution in [1.82, 2.24) is 4.98 Å². The molecule has 0 fully saturated rings. The summed E-state index contributed by atoms with van der Waals surface area (Å²) in [5.41, 5.74) is 0.734. The van der Waals surface area contributed by atoms with Gasteiger partial charge in [-0.2, -0.15) is 5.26 Å². The molecule has 92 valence electrons. The number of aromatic nitrogens is 1. The van der Waals surface area contributed by atoms with Gasteiger partial charge >= 0.3 is 0 Å². The Bertz CT molecular complexity index is 727. The third-order valence-corrected chi connectivity index (χ3v) is 4.45. The van der Waals surface area contributed by atoms with Crippen LogP contribution in [0.1, 0.15) is 15.2 Å². The lowest BCUT2D eigenvalue weighted by atomic mass is 10.1. The molecule has 0 spiro atoms. The number of nitriles is 1. The van der Waals surface area contributed by atoms with Crippen LogP contribution >= 0.6 is 23.1 Å². The second-order valence-corrected chi connectivity index (χ2v) is 5.84. The first-order valence-corrected chi connectivity index (χ1v) is 7.05. The zero-order valence-corrected chi connectivity index (χ0v) is 11.2. The normalized spacial score (nSPS) is 15.3.